The van der Waals surface area contributed by atoms with Gasteiger partial charge in [-0.2, -0.15) is 5.10 Å². The fraction of sp³-hybridized carbons (Fsp3) is 0.409. The number of pyridine rings is 1. The fourth-order valence-corrected chi connectivity index (χ4v) is 5.08. The first-order valence-electron chi connectivity index (χ1n) is 10.3. The normalized spacial score (nSPS) is 15.4. The maximum Gasteiger partial charge on any atom is 0.232 e. The van der Waals surface area contributed by atoms with Gasteiger partial charge in [0.05, 0.1) is 17.0 Å². The van der Waals surface area contributed by atoms with Crippen molar-refractivity contribution in [1.82, 2.24) is 24.6 Å². The summed E-state index contributed by atoms with van der Waals surface area (Å²) in [6.07, 6.45) is 2.61. The lowest BCUT2D eigenvalue weighted by Gasteiger charge is -2.22. The topological polar surface area (TPSA) is 54.3 Å². The number of carbonyl (C=O) groups excluding carboxylic acids is 1. The summed E-state index contributed by atoms with van der Waals surface area (Å²) >= 11 is 7.82. The molecule has 1 aromatic carbocycles. The zero-order valence-corrected chi connectivity index (χ0v) is 19.2. The van der Waals surface area contributed by atoms with Gasteiger partial charge >= 0.3 is 0 Å². The van der Waals surface area contributed by atoms with Gasteiger partial charge in [0.15, 0.2) is 0 Å². The zero-order valence-electron chi connectivity index (χ0n) is 17.6. The van der Waals surface area contributed by atoms with Crippen LogP contribution in [0.4, 0.5) is 4.39 Å². The Morgan fingerprint density at radius 3 is 2.84 bits per heavy atom. The Kier molecular flexibility index (Phi) is 6.79. The van der Waals surface area contributed by atoms with Gasteiger partial charge in [-0.25, -0.2) is 4.39 Å². The molecule has 9 heteroatoms. The molecule has 164 valence electrons. The highest BCUT2D eigenvalue weighted by Crippen LogP contribution is 2.28. The number of benzene rings is 1. The molecule has 1 aliphatic rings. The molecule has 0 atom stereocenters. The van der Waals surface area contributed by atoms with Crippen molar-refractivity contribution in [3.8, 4) is 0 Å². The summed E-state index contributed by atoms with van der Waals surface area (Å²) in [5.74, 6) is 0.123. The predicted molar refractivity (Wildman–Crippen MR) is 122 cm³/mol. The molecule has 1 aliphatic heterocycles. The minimum atomic E-state index is -0.301. The molecule has 1 fully saturated rings. The third kappa shape index (κ3) is 5.02. The smallest absolute Gasteiger partial charge is 0.232 e. The van der Waals surface area contributed by atoms with Crippen LogP contribution in [-0.4, -0.2) is 62.4 Å². The molecule has 4 rings (SSSR count). The highest BCUT2D eigenvalue weighted by Gasteiger charge is 2.21. The van der Waals surface area contributed by atoms with Crippen molar-refractivity contribution < 1.29 is 9.18 Å². The molecule has 3 heterocycles. The minimum Gasteiger partial charge on any atom is -0.341 e. The van der Waals surface area contributed by atoms with Crippen molar-refractivity contribution in [3.63, 3.8) is 0 Å². The quantitative estimate of drug-likeness (QED) is 0.539. The van der Waals surface area contributed by atoms with Crippen LogP contribution in [0.3, 0.4) is 0 Å². The second-order valence-corrected chi connectivity index (χ2v) is 9.12. The van der Waals surface area contributed by atoms with Crippen LogP contribution in [-0.2, 0) is 18.4 Å². The predicted octanol–water partition coefficient (Wildman–Crippen LogP) is 3.90. The Morgan fingerprint density at radius 2 is 2.06 bits per heavy atom. The highest BCUT2D eigenvalue weighted by molar-refractivity contribution is 8.00. The van der Waals surface area contributed by atoms with E-state index in [1.807, 2.05) is 24.9 Å². The number of aromatic nitrogens is 3. The summed E-state index contributed by atoms with van der Waals surface area (Å²) in [6.45, 7) is 5.84. The number of hydrogen-bond donors (Lipinski definition) is 0. The monoisotopic (exact) mass is 461 g/mol. The molecule has 31 heavy (non-hydrogen) atoms. The summed E-state index contributed by atoms with van der Waals surface area (Å²) in [5.41, 5.74) is 2.73. The van der Waals surface area contributed by atoms with Crippen LogP contribution in [0.5, 0.6) is 0 Å². The lowest BCUT2D eigenvalue weighted by Crippen LogP contribution is -2.36. The number of halogens is 2. The average molecular weight is 462 g/mol. The number of nitrogens with zero attached hydrogens (tertiary/aromatic N) is 5. The van der Waals surface area contributed by atoms with Gasteiger partial charge in [-0.1, -0.05) is 11.6 Å². The van der Waals surface area contributed by atoms with Crippen LogP contribution < -0.4 is 0 Å². The molecule has 0 spiro atoms. The van der Waals surface area contributed by atoms with Gasteiger partial charge in [0, 0.05) is 61.8 Å². The van der Waals surface area contributed by atoms with Gasteiger partial charge in [0.2, 0.25) is 5.91 Å². The van der Waals surface area contributed by atoms with E-state index < -0.39 is 0 Å². The molecule has 3 aromatic rings. The molecule has 0 saturated carbocycles. The van der Waals surface area contributed by atoms with Crippen molar-refractivity contribution in [1.29, 1.82) is 0 Å². The van der Waals surface area contributed by atoms with E-state index in [1.165, 1.54) is 23.9 Å². The summed E-state index contributed by atoms with van der Waals surface area (Å²) < 4.78 is 15.4. The van der Waals surface area contributed by atoms with E-state index in [4.69, 9.17) is 11.6 Å². The van der Waals surface area contributed by atoms with Crippen molar-refractivity contribution in [3.05, 3.63) is 52.7 Å². The molecular formula is C22H25ClFN5OS. The number of amides is 1. The van der Waals surface area contributed by atoms with Gasteiger partial charge in [-0.3, -0.25) is 19.4 Å². The number of aryl methyl sites for hydroxylation is 2. The van der Waals surface area contributed by atoms with Gasteiger partial charge in [-0.05, 0) is 37.6 Å². The third-order valence-corrected chi connectivity index (χ3v) is 7.14. The van der Waals surface area contributed by atoms with E-state index in [0.29, 0.717) is 17.5 Å². The summed E-state index contributed by atoms with van der Waals surface area (Å²) in [6, 6.07) is 6.38. The van der Waals surface area contributed by atoms with E-state index in [-0.39, 0.29) is 11.7 Å². The average Bonchev–Trinajstić information content (AvgIpc) is 2.92. The molecule has 0 N–H and O–H groups in total. The van der Waals surface area contributed by atoms with Crippen LogP contribution in [0.15, 0.2) is 35.4 Å². The van der Waals surface area contributed by atoms with Gasteiger partial charge < -0.3 is 4.90 Å². The third-order valence-electron chi connectivity index (χ3n) is 5.61. The van der Waals surface area contributed by atoms with Gasteiger partial charge in [-0.15, -0.1) is 11.8 Å². The SMILES string of the molecule is Cc1nn(C)c(Cl)c1CN1CCCN(C(=O)CSc2ccnc3ccc(F)cc23)CC1. The molecule has 0 radical (unpaired) electrons. The molecule has 1 saturated heterocycles. The molecule has 6 nitrogen and oxygen atoms in total. The lowest BCUT2D eigenvalue weighted by molar-refractivity contribution is -0.128. The van der Waals surface area contributed by atoms with Crippen LogP contribution in [0.25, 0.3) is 10.9 Å². The number of rotatable bonds is 5. The van der Waals surface area contributed by atoms with Crippen molar-refractivity contribution in [2.24, 2.45) is 7.05 Å². The first-order valence-corrected chi connectivity index (χ1v) is 11.6. The van der Waals surface area contributed by atoms with E-state index in [9.17, 15) is 9.18 Å². The first kappa shape index (κ1) is 22.0. The second kappa shape index (κ2) is 9.54. The van der Waals surface area contributed by atoms with Crippen molar-refractivity contribution in [2.45, 2.75) is 24.8 Å². The molecule has 0 aliphatic carbocycles. The number of fused-ring (bicyclic) bond motifs is 1. The van der Waals surface area contributed by atoms with Crippen molar-refractivity contribution in [2.75, 3.05) is 31.9 Å². The largest absolute Gasteiger partial charge is 0.341 e. The highest BCUT2D eigenvalue weighted by atomic mass is 35.5. The van der Waals surface area contributed by atoms with Crippen LogP contribution in [0.2, 0.25) is 5.15 Å². The Labute approximate surface area is 190 Å². The van der Waals surface area contributed by atoms with Gasteiger partial charge in [0.25, 0.3) is 0 Å². The van der Waals surface area contributed by atoms with E-state index in [1.54, 1.807) is 16.9 Å². The number of thioether (sulfide) groups is 1. The first-order chi connectivity index (χ1) is 14.9. The summed E-state index contributed by atoms with van der Waals surface area (Å²) in [5, 5.41) is 5.80. The zero-order chi connectivity index (χ0) is 22.0. The fourth-order valence-electron chi connectivity index (χ4n) is 3.91. The van der Waals surface area contributed by atoms with Crippen LogP contribution in [0, 0.1) is 12.7 Å². The van der Waals surface area contributed by atoms with E-state index >= 15 is 0 Å². The lowest BCUT2D eigenvalue weighted by atomic mass is 10.2. The Hall–Kier alpha value is -2.16. The van der Waals surface area contributed by atoms with Crippen LogP contribution in [0.1, 0.15) is 17.7 Å². The summed E-state index contributed by atoms with van der Waals surface area (Å²) in [7, 11) is 1.85. The molecule has 1 amide bonds. The Balaban J connectivity index is 1.35. The number of hydrogen-bond acceptors (Lipinski definition) is 5. The molecule has 0 unspecified atom stereocenters. The molecule has 2 aromatic heterocycles. The minimum absolute atomic E-state index is 0.101. The standard InChI is InChI=1S/C22H25ClFN5OS/c1-15-18(22(23)27(2)26-15)13-28-8-3-9-29(11-10-28)21(30)14-31-20-6-7-25-19-5-4-16(24)12-17(19)20/h4-7,12H,3,8-11,13-14H2,1-2H3. The van der Waals surface area contributed by atoms with Gasteiger partial charge in [0.1, 0.15) is 11.0 Å². The Bertz CT molecular complexity index is 1100. The Morgan fingerprint density at radius 1 is 1.23 bits per heavy atom. The second-order valence-electron chi connectivity index (χ2n) is 7.75. The van der Waals surface area contributed by atoms with E-state index in [0.717, 1.165) is 59.7 Å². The molecular weight excluding hydrogens is 437 g/mol. The number of carbonyl (C=O) groups is 1. The van der Waals surface area contributed by atoms with E-state index in [2.05, 4.69) is 15.0 Å². The maximum atomic E-state index is 13.7. The van der Waals surface area contributed by atoms with Crippen molar-refractivity contribution >= 4 is 40.2 Å². The molecule has 0 bridgehead atoms. The maximum absolute atomic E-state index is 13.7. The summed E-state index contributed by atoms with van der Waals surface area (Å²) in [4.78, 5) is 22.3. The van der Waals surface area contributed by atoms with Crippen LogP contribution >= 0.6 is 23.4 Å².